The molecule has 0 unspecified atom stereocenters. The Morgan fingerprint density at radius 2 is 0.923 bits per heavy atom. The van der Waals surface area contributed by atoms with Crippen LogP contribution in [0.5, 0.6) is 0 Å². The van der Waals surface area contributed by atoms with Gasteiger partial charge in [0.05, 0.1) is 0 Å². The van der Waals surface area contributed by atoms with Crippen LogP contribution in [0.1, 0.15) is 128 Å². The molecule has 0 saturated carbocycles. The van der Waals surface area contributed by atoms with Crippen LogP contribution in [0.4, 0.5) is 0 Å². The Morgan fingerprint density at radius 3 is 1.38 bits per heavy atom. The highest BCUT2D eigenvalue weighted by Gasteiger charge is 2.04. The maximum atomic E-state index is 5.01. The molecule has 1 heteroatoms. The number of hydrogen-bond donors (Lipinski definition) is 0. The lowest BCUT2D eigenvalue weighted by atomic mass is 10.0. The lowest BCUT2D eigenvalue weighted by Gasteiger charge is -2.10. The molecule has 1 aromatic rings. The molecule has 26 heavy (non-hydrogen) atoms. The van der Waals surface area contributed by atoms with Crippen LogP contribution in [-0.4, -0.2) is 4.98 Å². The number of rotatable bonds is 17. The maximum Gasteiger partial charge on any atom is 0.0409 e. The van der Waals surface area contributed by atoms with Crippen LogP contribution >= 0.6 is 0 Å². The summed E-state index contributed by atoms with van der Waals surface area (Å²) < 4.78 is 0. The highest BCUT2D eigenvalue weighted by molar-refractivity contribution is 5.22. The average molecular weight is 360 g/mol. The molecular weight excluding hydrogens is 314 g/mol. The Morgan fingerprint density at radius 1 is 0.500 bits per heavy atom. The summed E-state index contributed by atoms with van der Waals surface area (Å²) in [6.45, 7) is 6.86. The smallest absolute Gasteiger partial charge is 0.0409 e. The number of unbranched alkanes of at least 4 members (excludes halogenated alkanes) is 11. The predicted molar refractivity (Wildman–Crippen MR) is 117 cm³/mol. The molecule has 0 fully saturated rings. The SMILES string of the molecule is CCCCCCCCc1cc(CCCC)cc(CCCCCCCC)n1. The number of hydrogen-bond acceptors (Lipinski definition) is 1. The number of pyridine rings is 1. The molecule has 0 aliphatic carbocycles. The highest BCUT2D eigenvalue weighted by atomic mass is 14.7. The lowest BCUT2D eigenvalue weighted by molar-refractivity contribution is 0.598. The van der Waals surface area contributed by atoms with E-state index < -0.39 is 0 Å². The summed E-state index contributed by atoms with van der Waals surface area (Å²) in [5.41, 5.74) is 4.24. The van der Waals surface area contributed by atoms with Crippen LogP contribution in [-0.2, 0) is 19.3 Å². The second kappa shape index (κ2) is 16.3. The molecular formula is C25H45N. The minimum Gasteiger partial charge on any atom is -0.258 e. The lowest BCUT2D eigenvalue weighted by Crippen LogP contribution is -2.00. The van der Waals surface area contributed by atoms with Crippen molar-refractivity contribution in [3.05, 3.63) is 29.1 Å². The molecule has 1 nitrogen and oxygen atoms in total. The molecule has 1 heterocycles. The molecule has 0 atom stereocenters. The fourth-order valence-electron chi connectivity index (χ4n) is 3.67. The van der Waals surface area contributed by atoms with Crippen molar-refractivity contribution >= 4 is 0 Å². The van der Waals surface area contributed by atoms with Gasteiger partial charge in [0, 0.05) is 11.4 Å². The van der Waals surface area contributed by atoms with E-state index in [9.17, 15) is 0 Å². The van der Waals surface area contributed by atoms with E-state index in [4.69, 9.17) is 4.98 Å². The Balaban J connectivity index is 2.45. The van der Waals surface area contributed by atoms with Gasteiger partial charge in [-0.3, -0.25) is 4.98 Å². The monoisotopic (exact) mass is 359 g/mol. The Kier molecular flexibility index (Phi) is 14.6. The fraction of sp³-hybridized carbons (Fsp3) is 0.800. The first-order valence-electron chi connectivity index (χ1n) is 11.8. The second-order valence-corrected chi connectivity index (χ2v) is 8.10. The van der Waals surface area contributed by atoms with Crippen LogP contribution in [0, 0.1) is 0 Å². The Bertz CT molecular complexity index is 404. The van der Waals surface area contributed by atoms with Crippen molar-refractivity contribution < 1.29 is 0 Å². The summed E-state index contributed by atoms with van der Waals surface area (Å²) in [6.07, 6.45) is 22.6. The summed E-state index contributed by atoms with van der Waals surface area (Å²) in [6, 6.07) is 4.79. The molecule has 0 aliphatic heterocycles. The van der Waals surface area contributed by atoms with E-state index >= 15 is 0 Å². The second-order valence-electron chi connectivity index (χ2n) is 8.10. The topological polar surface area (TPSA) is 12.9 Å². The van der Waals surface area contributed by atoms with Gasteiger partial charge in [0.2, 0.25) is 0 Å². The largest absolute Gasteiger partial charge is 0.258 e. The van der Waals surface area contributed by atoms with E-state index in [1.165, 1.54) is 126 Å². The van der Waals surface area contributed by atoms with E-state index in [2.05, 4.69) is 32.9 Å². The van der Waals surface area contributed by atoms with Crippen LogP contribution < -0.4 is 0 Å². The van der Waals surface area contributed by atoms with E-state index in [-0.39, 0.29) is 0 Å². The van der Waals surface area contributed by atoms with E-state index in [0.29, 0.717) is 0 Å². The van der Waals surface area contributed by atoms with Gasteiger partial charge in [-0.2, -0.15) is 0 Å². The van der Waals surface area contributed by atoms with Crippen molar-refractivity contribution in [1.29, 1.82) is 0 Å². The molecule has 150 valence electrons. The van der Waals surface area contributed by atoms with E-state index in [1.807, 2.05) is 0 Å². The van der Waals surface area contributed by atoms with Gasteiger partial charge in [0.15, 0.2) is 0 Å². The summed E-state index contributed by atoms with van der Waals surface area (Å²) in [4.78, 5) is 5.01. The molecule has 1 rings (SSSR count). The number of aromatic nitrogens is 1. The van der Waals surface area contributed by atoms with E-state index in [1.54, 1.807) is 0 Å². The molecule has 0 saturated heterocycles. The molecule has 0 N–H and O–H groups in total. The van der Waals surface area contributed by atoms with Crippen molar-refractivity contribution in [3.8, 4) is 0 Å². The van der Waals surface area contributed by atoms with Crippen LogP contribution in [0.15, 0.2) is 12.1 Å². The first kappa shape index (κ1) is 23.2. The van der Waals surface area contributed by atoms with Gasteiger partial charge in [-0.25, -0.2) is 0 Å². The molecule has 0 aliphatic rings. The zero-order valence-electron chi connectivity index (χ0n) is 18.1. The van der Waals surface area contributed by atoms with Gasteiger partial charge >= 0.3 is 0 Å². The highest BCUT2D eigenvalue weighted by Crippen LogP contribution is 2.16. The third kappa shape index (κ3) is 11.7. The van der Waals surface area contributed by atoms with Gasteiger partial charge in [-0.15, -0.1) is 0 Å². The Hall–Kier alpha value is -0.850. The van der Waals surface area contributed by atoms with Gasteiger partial charge in [0.1, 0.15) is 0 Å². The third-order valence-corrected chi connectivity index (χ3v) is 5.38. The number of aryl methyl sites for hydroxylation is 3. The van der Waals surface area contributed by atoms with Gasteiger partial charge in [-0.1, -0.05) is 91.4 Å². The zero-order chi connectivity index (χ0) is 18.9. The fourth-order valence-corrected chi connectivity index (χ4v) is 3.67. The van der Waals surface area contributed by atoms with Crippen LogP contribution in [0.3, 0.4) is 0 Å². The molecule has 0 aromatic carbocycles. The summed E-state index contributed by atoms with van der Waals surface area (Å²) in [5.74, 6) is 0. The maximum absolute atomic E-state index is 5.01. The standard InChI is InChI=1S/C25H45N/c1-4-7-10-12-14-16-19-24-21-23(18-9-6-3)22-25(26-24)20-17-15-13-11-8-5-2/h21-22H,4-20H2,1-3H3. The molecule has 0 radical (unpaired) electrons. The normalized spacial score (nSPS) is 11.2. The zero-order valence-corrected chi connectivity index (χ0v) is 18.1. The first-order chi connectivity index (χ1) is 12.8. The number of nitrogens with zero attached hydrogens (tertiary/aromatic N) is 1. The first-order valence-corrected chi connectivity index (χ1v) is 11.8. The molecule has 0 amide bonds. The van der Waals surface area contributed by atoms with Crippen LogP contribution in [0.25, 0.3) is 0 Å². The minimum absolute atomic E-state index is 1.18. The van der Waals surface area contributed by atoms with Gasteiger partial charge in [0.25, 0.3) is 0 Å². The van der Waals surface area contributed by atoms with Gasteiger partial charge < -0.3 is 0 Å². The average Bonchev–Trinajstić information content (AvgIpc) is 2.65. The Labute approximate surface area is 164 Å². The molecule has 0 spiro atoms. The van der Waals surface area contributed by atoms with Crippen molar-refractivity contribution in [3.63, 3.8) is 0 Å². The summed E-state index contributed by atoms with van der Waals surface area (Å²) >= 11 is 0. The van der Waals surface area contributed by atoms with Crippen molar-refractivity contribution in [2.45, 2.75) is 130 Å². The van der Waals surface area contributed by atoms with Crippen molar-refractivity contribution in [2.24, 2.45) is 0 Å². The summed E-state index contributed by atoms with van der Waals surface area (Å²) in [7, 11) is 0. The van der Waals surface area contributed by atoms with Crippen LogP contribution in [0.2, 0.25) is 0 Å². The predicted octanol–water partition coefficient (Wildman–Crippen LogP) is 8.23. The molecule has 0 bridgehead atoms. The van der Waals surface area contributed by atoms with Gasteiger partial charge in [-0.05, 0) is 56.2 Å². The van der Waals surface area contributed by atoms with Crippen molar-refractivity contribution in [2.75, 3.05) is 0 Å². The molecule has 1 aromatic heterocycles. The quantitative estimate of drug-likeness (QED) is 0.255. The minimum atomic E-state index is 1.18. The van der Waals surface area contributed by atoms with Crippen molar-refractivity contribution in [1.82, 2.24) is 4.98 Å². The summed E-state index contributed by atoms with van der Waals surface area (Å²) in [5, 5.41) is 0. The third-order valence-electron chi connectivity index (χ3n) is 5.38. The van der Waals surface area contributed by atoms with E-state index in [0.717, 1.165) is 0 Å².